The predicted octanol–water partition coefficient (Wildman–Crippen LogP) is 1.24. The number of likely N-dealkylation sites (tertiary alicyclic amines) is 1. The molecule has 0 saturated carbocycles. The van der Waals surface area contributed by atoms with E-state index < -0.39 is 0 Å². The van der Waals surface area contributed by atoms with Crippen LogP contribution in [-0.2, 0) is 0 Å². The Morgan fingerprint density at radius 3 is 3.00 bits per heavy atom. The lowest BCUT2D eigenvalue weighted by Crippen LogP contribution is -2.37. The maximum Gasteiger partial charge on any atom is 0.143 e. The van der Waals surface area contributed by atoms with Gasteiger partial charge in [-0.05, 0) is 25.8 Å². The molecule has 0 radical (unpaired) electrons. The summed E-state index contributed by atoms with van der Waals surface area (Å²) in [4.78, 5) is 2.45. The van der Waals surface area contributed by atoms with Crippen molar-refractivity contribution in [2.75, 3.05) is 13.1 Å². The number of hydrogen-bond acceptors (Lipinski definition) is 3. The van der Waals surface area contributed by atoms with E-state index in [1.54, 1.807) is 0 Å². The second-order valence-corrected chi connectivity index (χ2v) is 4.13. The molecule has 2 unspecified atom stereocenters. The first kappa shape index (κ1) is 11.3. The zero-order valence-corrected chi connectivity index (χ0v) is 9.11. The lowest BCUT2D eigenvalue weighted by Gasteiger charge is -2.25. The summed E-state index contributed by atoms with van der Waals surface area (Å²) in [5.74, 6) is 0.485. The molecule has 0 aliphatic carbocycles. The second kappa shape index (κ2) is 5.20. The molecule has 0 bridgehead atoms. The quantitative estimate of drug-likeness (QED) is 0.310. The Kier molecular flexibility index (Phi) is 4.20. The van der Waals surface area contributed by atoms with Gasteiger partial charge in [0.2, 0.25) is 0 Å². The Morgan fingerprint density at radius 1 is 1.71 bits per heavy atom. The van der Waals surface area contributed by atoms with Gasteiger partial charge in [-0.15, -0.1) is 0 Å². The zero-order chi connectivity index (χ0) is 10.6. The fourth-order valence-corrected chi connectivity index (χ4v) is 2.14. The third-order valence-electron chi connectivity index (χ3n) is 3.10. The molecule has 14 heavy (non-hydrogen) atoms. The molecule has 1 aliphatic rings. The van der Waals surface area contributed by atoms with E-state index in [1.807, 2.05) is 6.92 Å². The van der Waals surface area contributed by atoms with Crippen molar-refractivity contribution in [1.82, 2.24) is 4.90 Å². The molecular formula is C10H21N3O. The summed E-state index contributed by atoms with van der Waals surface area (Å²) >= 11 is 0. The fourth-order valence-electron chi connectivity index (χ4n) is 2.14. The van der Waals surface area contributed by atoms with Crippen LogP contribution in [0.15, 0.2) is 5.16 Å². The number of nitrogens with two attached hydrogens (primary N) is 1. The Balaban J connectivity index is 2.43. The SMILES string of the molecule is CCC1CCCN1CC(C)/C(N)=N/O. The van der Waals surface area contributed by atoms with Gasteiger partial charge in [-0.2, -0.15) is 0 Å². The molecule has 1 heterocycles. The van der Waals surface area contributed by atoms with Crippen molar-refractivity contribution in [3.63, 3.8) is 0 Å². The molecule has 3 N–H and O–H groups in total. The summed E-state index contributed by atoms with van der Waals surface area (Å²) in [5, 5.41) is 11.6. The Hall–Kier alpha value is -0.770. The summed E-state index contributed by atoms with van der Waals surface area (Å²) < 4.78 is 0. The normalized spacial score (nSPS) is 26.7. The van der Waals surface area contributed by atoms with Gasteiger partial charge in [0.25, 0.3) is 0 Å². The van der Waals surface area contributed by atoms with Crippen LogP contribution in [-0.4, -0.2) is 35.1 Å². The first-order valence-corrected chi connectivity index (χ1v) is 5.40. The first-order valence-electron chi connectivity index (χ1n) is 5.40. The van der Waals surface area contributed by atoms with Gasteiger partial charge < -0.3 is 10.9 Å². The van der Waals surface area contributed by atoms with Crippen LogP contribution in [0.25, 0.3) is 0 Å². The van der Waals surface area contributed by atoms with E-state index >= 15 is 0 Å². The van der Waals surface area contributed by atoms with Crippen LogP contribution in [0.3, 0.4) is 0 Å². The van der Waals surface area contributed by atoms with Gasteiger partial charge in [-0.1, -0.05) is 19.0 Å². The highest BCUT2D eigenvalue weighted by atomic mass is 16.4. The first-order chi connectivity index (χ1) is 6.69. The van der Waals surface area contributed by atoms with Gasteiger partial charge in [0.05, 0.1) is 0 Å². The topological polar surface area (TPSA) is 61.8 Å². The monoisotopic (exact) mass is 199 g/mol. The molecule has 1 saturated heterocycles. The summed E-state index contributed by atoms with van der Waals surface area (Å²) in [6.45, 7) is 6.28. The van der Waals surface area contributed by atoms with Gasteiger partial charge in [-0.25, -0.2) is 0 Å². The Morgan fingerprint density at radius 2 is 2.43 bits per heavy atom. The average molecular weight is 199 g/mol. The molecule has 0 spiro atoms. The third kappa shape index (κ3) is 2.61. The molecule has 1 fully saturated rings. The highest BCUT2D eigenvalue weighted by Gasteiger charge is 2.24. The number of hydrogen-bond donors (Lipinski definition) is 2. The fraction of sp³-hybridized carbons (Fsp3) is 0.900. The van der Waals surface area contributed by atoms with E-state index in [4.69, 9.17) is 10.9 Å². The minimum Gasteiger partial charge on any atom is -0.409 e. The Bertz CT molecular complexity index is 206. The van der Waals surface area contributed by atoms with Crippen molar-refractivity contribution >= 4 is 5.84 Å². The van der Waals surface area contributed by atoms with Crippen molar-refractivity contribution in [1.29, 1.82) is 0 Å². The van der Waals surface area contributed by atoms with Crippen molar-refractivity contribution in [2.45, 2.75) is 39.2 Å². The van der Waals surface area contributed by atoms with Crippen LogP contribution >= 0.6 is 0 Å². The minimum absolute atomic E-state index is 0.146. The highest BCUT2D eigenvalue weighted by Crippen LogP contribution is 2.20. The molecule has 4 heteroatoms. The maximum atomic E-state index is 8.55. The summed E-state index contributed by atoms with van der Waals surface area (Å²) in [7, 11) is 0. The van der Waals surface area contributed by atoms with Crippen molar-refractivity contribution in [3.05, 3.63) is 0 Å². The van der Waals surface area contributed by atoms with Gasteiger partial charge in [0.1, 0.15) is 5.84 Å². The maximum absolute atomic E-state index is 8.55. The van der Waals surface area contributed by atoms with Crippen LogP contribution < -0.4 is 5.73 Å². The molecule has 1 rings (SSSR count). The number of rotatable bonds is 4. The van der Waals surface area contributed by atoms with E-state index in [2.05, 4.69) is 17.0 Å². The molecule has 0 aromatic rings. The largest absolute Gasteiger partial charge is 0.409 e. The van der Waals surface area contributed by atoms with Crippen LogP contribution in [0, 0.1) is 5.92 Å². The molecule has 0 amide bonds. The summed E-state index contributed by atoms with van der Waals surface area (Å²) in [5.41, 5.74) is 5.55. The lowest BCUT2D eigenvalue weighted by molar-refractivity contribution is 0.231. The van der Waals surface area contributed by atoms with E-state index in [-0.39, 0.29) is 5.92 Å². The van der Waals surface area contributed by atoms with E-state index in [1.165, 1.54) is 19.3 Å². The summed E-state index contributed by atoms with van der Waals surface area (Å²) in [6, 6.07) is 0.698. The molecule has 2 atom stereocenters. The van der Waals surface area contributed by atoms with Crippen LogP contribution in [0.2, 0.25) is 0 Å². The summed E-state index contributed by atoms with van der Waals surface area (Å²) in [6.07, 6.45) is 3.77. The molecule has 4 nitrogen and oxygen atoms in total. The van der Waals surface area contributed by atoms with Crippen molar-refractivity contribution in [3.8, 4) is 0 Å². The molecule has 0 aromatic carbocycles. The van der Waals surface area contributed by atoms with Crippen LogP contribution in [0.5, 0.6) is 0 Å². The van der Waals surface area contributed by atoms with Gasteiger partial charge in [-0.3, -0.25) is 4.90 Å². The van der Waals surface area contributed by atoms with Crippen molar-refractivity contribution < 1.29 is 5.21 Å². The average Bonchev–Trinajstić information content (AvgIpc) is 2.63. The van der Waals surface area contributed by atoms with Gasteiger partial charge >= 0.3 is 0 Å². The lowest BCUT2D eigenvalue weighted by atomic mass is 10.1. The smallest absolute Gasteiger partial charge is 0.143 e. The Labute approximate surface area is 85.8 Å². The molecule has 0 aromatic heterocycles. The highest BCUT2D eigenvalue weighted by molar-refractivity contribution is 5.82. The van der Waals surface area contributed by atoms with Crippen LogP contribution in [0.1, 0.15) is 33.1 Å². The molecule has 82 valence electrons. The van der Waals surface area contributed by atoms with E-state index in [9.17, 15) is 0 Å². The number of oxime groups is 1. The molecular weight excluding hydrogens is 178 g/mol. The third-order valence-corrected chi connectivity index (χ3v) is 3.10. The van der Waals surface area contributed by atoms with Crippen molar-refractivity contribution in [2.24, 2.45) is 16.8 Å². The molecule has 1 aliphatic heterocycles. The van der Waals surface area contributed by atoms with E-state index in [0.717, 1.165) is 13.1 Å². The van der Waals surface area contributed by atoms with Gasteiger partial charge in [0, 0.05) is 18.5 Å². The number of nitrogens with zero attached hydrogens (tertiary/aromatic N) is 2. The standard InChI is InChI=1S/C10H21N3O/c1-3-9-5-4-6-13(9)7-8(2)10(11)12-14/h8-9,14H,3-7H2,1-2H3,(H2,11,12). The van der Waals surface area contributed by atoms with E-state index in [0.29, 0.717) is 11.9 Å². The zero-order valence-electron chi connectivity index (χ0n) is 9.11. The number of amidine groups is 1. The minimum atomic E-state index is 0.146. The predicted molar refractivity (Wildman–Crippen MR) is 57.5 cm³/mol. The second-order valence-electron chi connectivity index (χ2n) is 4.13. The van der Waals surface area contributed by atoms with Gasteiger partial charge in [0.15, 0.2) is 0 Å². The van der Waals surface area contributed by atoms with Crippen LogP contribution in [0.4, 0.5) is 0 Å².